The fourth-order valence-corrected chi connectivity index (χ4v) is 2.85. The summed E-state index contributed by atoms with van der Waals surface area (Å²) in [6.45, 7) is 0. The molecule has 0 radical (unpaired) electrons. The summed E-state index contributed by atoms with van der Waals surface area (Å²) in [4.78, 5) is 11.3. The van der Waals surface area contributed by atoms with Crippen molar-refractivity contribution in [3.63, 3.8) is 0 Å². The summed E-state index contributed by atoms with van der Waals surface area (Å²) in [5.74, 6) is 5.96. The van der Waals surface area contributed by atoms with Crippen molar-refractivity contribution in [2.75, 3.05) is 5.43 Å². The van der Waals surface area contributed by atoms with Crippen LogP contribution in [-0.2, 0) is 5.75 Å². The molecule has 0 spiro atoms. The number of nitro groups is 1. The fourth-order valence-electron chi connectivity index (χ4n) is 1.67. The maximum Gasteiger partial charge on any atom is 0.293 e. The third kappa shape index (κ3) is 3.41. The Morgan fingerprint density at radius 3 is 2.70 bits per heavy atom. The summed E-state index contributed by atoms with van der Waals surface area (Å²) >= 11 is 7.64. The first-order valence-electron chi connectivity index (χ1n) is 5.73. The molecule has 0 aliphatic rings. The monoisotopic (exact) mass is 309 g/mol. The number of anilines is 1. The molecule has 0 bridgehead atoms. The summed E-state index contributed by atoms with van der Waals surface area (Å²) in [6.07, 6.45) is 0. The SMILES string of the molecule is NNc1cc(CSc2ccccc2Cl)ccc1[N+](=O)[O-]. The van der Waals surface area contributed by atoms with E-state index in [0.717, 1.165) is 10.5 Å². The number of rotatable bonds is 5. The lowest BCUT2D eigenvalue weighted by Crippen LogP contribution is -2.09. The molecular formula is C13H12ClN3O2S. The van der Waals surface area contributed by atoms with Gasteiger partial charge >= 0.3 is 0 Å². The van der Waals surface area contributed by atoms with Gasteiger partial charge in [0.15, 0.2) is 0 Å². The van der Waals surface area contributed by atoms with Crippen molar-refractivity contribution in [3.05, 3.63) is 63.2 Å². The Morgan fingerprint density at radius 2 is 2.05 bits per heavy atom. The lowest BCUT2D eigenvalue weighted by Gasteiger charge is -2.07. The van der Waals surface area contributed by atoms with Gasteiger partial charge in [0, 0.05) is 16.7 Å². The molecule has 7 heteroatoms. The molecule has 0 aliphatic heterocycles. The van der Waals surface area contributed by atoms with Gasteiger partial charge in [0.25, 0.3) is 5.69 Å². The van der Waals surface area contributed by atoms with Crippen LogP contribution in [0.5, 0.6) is 0 Å². The van der Waals surface area contributed by atoms with Crippen LogP contribution in [-0.4, -0.2) is 4.92 Å². The first-order valence-corrected chi connectivity index (χ1v) is 7.09. The summed E-state index contributed by atoms with van der Waals surface area (Å²) in [5, 5.41) is 11.5. The molecule has 0 amide bonds. The molecule has 0 unspecified atom stereocenters. The molecule has 0 saturated heterocycles. The van der Waals surface area contributed by atoms with Gasteiger partial charge in [0.05, 0.1) is 9.95 Å². The van der Waals surface area contributed by atoms with E-state index in [2.05, 4.69) is 5.43 Å². The van der Waals surface area contributed by atoms with E-state index in [1.165, 1.54) is 6.07 Å². The van der Waals surface area contributed by atoms with Crippen molar-refractivity contribution in [3.8, 4) is 0 Å². The van der Waals surface area contributed by atoms with Crippen molar-refractivity contribution in [1.29, 1.82) is 0 Å². The van der Waals surface area contributed by atoms with E-state index >= 15 is 0 Å². The molecule has 5 nitrogen and oxygen atoms in total. The molecule has 0 atom stereocenters. The highest BCUT2D eigenvalue weighted by atomic mass is 35.5. The Kier molecular flexibility index (Phi) is 4.84. The second-order valence-corrected chi connectivity index (χ2v) is 5.40. The van der Waals surface area contributed by atoms with Gasteiger partial charge in [0.2, 0.25) is 0 Å². The van der Waals surface area contributed by atoms with E-state index in [1.807, 2.05) is 24.3 Å². The van der Waals surface area contributed by atoms with Gasteiger partial charge in [-0.1, -0.05) is 29.8 Å². The smallest absolute Gasteiger partial charge is 0.293 e. The number of hydrogen-bond acceptors (Lipinski definition) is 5. The minimum atomic E-state index is -0.472. The standard InChI is InChI=1S/C13H12ClN3O2S/c14-10-3-1-2-4-13(10)20-8-9-5-6-12(17(18)19)11(7-9)16-15/h1-7,16H,8,15H2. The number of hydrogen-bond donors (Lipinski definition) is 2. The maximum atomic E-state index is 10.8. The average molecular weight is 310 g/mol. The Bertz CT molecular complexity index is 637. The Morgan fingerprint density at radius 1 is 1.30 bits per heavy atom. The van der Waals surface area contributed by atoms with Crippen LogP contribution in [0.4, 0.5) is 11.4 Å². The summed E-state index contributed by atoms with van der Waals surface area (Å²) in [6, 6.07) is 12.4. The molecule has 0 aliphatic carbocycles. The van der Waals surface area contributed by atoms with E-state index in [4.69, 9.17) is 17.4 Å². The number of nitro benzene ring substituents is 1. The maximum absolute atomic E-state index is 10.8. The van der Waals surface area contributed by atoms with Gasteiger partial charge in [-0.2, -0.15) is 0 Å². The second-order valence-electron chi connectivity index (χ2n) is 3.97. The van der Waals surface area contributed by atoms with Crippen molar-refractivity contribution >= 4 is 34.7 Å². The third-order valence-corrected chi connectivity index (χ3v) is 4.23. The molecule has 2 aromatic carbocycles. The molecule has 3 N–H and O–H groups in total. The highest BCUT2D eigenvalue weighted by Gasteiger charge is 2.13. The van der Waals surface area contributed by atoms with Gasteiger partial charge in [0.1, 0.15) is 5.69 Å². The van der Waals surface area contributed by atoms with E-state index in [0.29, 0.717) is 16.5 Å². The van der Waals surface area contributed by atoms with Crippen molar-refractivity contribution in [2.45, 2.75) is 10.6 Å². The van der Waals surface area contributed by atoms with Gasteiger partial charge in [-0.05, 0) is 23.8 Å². The predicted molar refractivity (Wildman–Crippen MR) is 81.9 cm³/mol. The molecule has 0 heterocycles. The molecule has 0 saturated carbocycles. The van der Waals surface area contributed by atoms with Crippen LogP contribution in [0.1, 0.15) is 5.56 Å². The number of nitrogens with two attached hydrogens (primary N) is 1. The molecule has 104 valence electrons. The zero-order valence-electron chi connectivity index (χ0n) is 10.4. The van der Waals surface area contributed by atoms with Crippen LogP contribution in [0, 0.1) is 10.1 Å². The van der Waals surface area contributed by atoms with Gasteiger partial charge in [-0.3, -0.25) is 16.0 Å². The minimum absolute atomic E-state index is 0.0426. The lowest BCUT2D eigenvalue weighted by molar-refractivity contribution is -0.384. The van der Waals surface area contributed by atoms with Crippen LogP contribution >= 0.6 is 23.4 Å². The highest BCUT2D eigenvalue weighted by molar-refractivity contribution is 7.98. The molecule has 20 heavy (non-hydrogen) atoms. The van der Waals surface area contributed by atoms with E-state index in [-0.39, 0.29) is 5.69 Å². The van der Waals surface area contributed by atoms with E-state index < -0.39 is 4.92 Å². The van der Waals surface area contributed by atoms with E-state index in [9.17, 15) is 10.1 Å². The van der Waals surface area contributed by atoms with Crippen molar-refractivity contribution in [2.24, 2.45) is 5.84 Å². The molecular weight excluding hydrogens is 298 g/mol. The lowest BCUT2D eigenvalue weighted by atomic mass is 10.2. The average Bonchev–Trinajstić information content (AvgIpc) is 2.46. The third-order valence-electron chi connectivity index (χ3n) is 2.64. The number of hydrazine groups is 1. The first kappa shape index (κ1) is 14.6. The first-order chi connectivity index (χ1) is 9.61. The number of halogens is 1. The number of thioether (sulfide) groups is 1. The number of benzene rings is 2. The zero-order chi connectivity index (χ0) is 14.5. The van der Waals surface area contributed by atoms with Crippen LogP contribution < -0.4 is 11.3 Å². The molecule has 0 aromatic heterocycles. The van der Waals surface area contributed by atoms with Gasteiger partial charge < -0.3 is 5.43 Å². The van der Waals surface area contributed by atoms with Gasteiger partial charge in [-0.25, -0.2) is 0 Å². The Labute approximate surface area is 125 Å². The van der Waals surface area contributed by atoms with E-state index in [1.54, 1.807) is 23.9 Å². The number of nitrogen functional groups attached to an aromatic ring is 1. The molecule has 2 rings (SSSR count). The topological polar surface area (TPSA) is 81.2 Å². The van der Waals surface area contributed by atoms with Crippen LogP contribution in [0.2, 0.25) is 5.02 Å². The Balaban J connectivity index is 2.15. The molecule has 2 aromatic rings. The van der Waals surface area contributed by atoms with Gasteiger partial charge in [-0.15, -0.1) is 11.8 Å². The largest absolute Gasteiger partial charge is 0.318 e. The summed E-state index contributed by atoms with van der Waals surface area (Å²) in [7, 11) is 0. The van der Waals surface area contributed by atoms with Crippen LogP contribution in [0.15, 0.2) is 47.4 Å². The summed E-state index contributed by atoms with van der Waals surface area (Å²) < 4.78 is 0. The quantitative estimate of drug-likeness (QED) is 0.380. The van der Waals surface area contributed by atoms with Crippen molar-refractivity contribution < 1.29 is 4.92 Å². The fraction of sp³-hybridized carbons (Fsp3) is 0.0769. The Hall–Kier alpha value is -1.76. The predicted octanol–water partition coefficient (Wildman–Crippen LogP) is 3.83. The second kappa shape index (κ2) is 6.60. The summed E-state index contributed by atoms with van der Waals surface area (Å²) in [5.41, 5.74) is 3.53. The normalized spacial score (nSPS) is 10.3. The molecule has 0 fully saturated rings. The highest BCUT2D eigenvalue weighted by Crippen LogP contribution is 2.31. The zero-order valence-corrected chi connectivity index (χ0v) is 11.9. The number of nitrogens with zero attached hydrogens (tertiary/aromatic N) is 1. The van der Waals surface area contributed by atoms with Crippen LogP contribution in [0.25, 0.3) is 0 Å². The number of nitrogens with one attached hydrogen (secondary N) is 1. The minimum Gasteiger partial charge on any atom is -0.318 e. The van der Waals surface area contributed by atoms with Crippen molar-refractivity contribution in [1.82, 2.24) is 0 Å². The van der Waals surface area contributed by atoms with Crippen LogP contribution in [0.3, 0.4) is 0 Å².